The van der Waals surface area contributed by atoms with Crippen LogP contribution >= 0.6 is 11.6 Å². The Labute approximate surface area is 159 Å². The zero-order valence-electron chi connectivity index (χ0n) is 14.0. The van der Waals surface area contributed by atoms with E-state index in [1.807, 2.05) is 0 Å². The fraction of sp³-hybridized carbons (Fsp3) is 0.294. The van der Waals surface area contributed by atoms with Crippen LogP contribution in [0.1, 0.15) is 24.1 Å². The normalized spacial score (nSPS) is 15.4. The first-order valence-electron chi connectivity index (χ1n) is 7.86. The van der Waals surface area contributed by atoms with Crippen LogP contribution < -0.4 is 14.2 Å². The molecule has 1 N–H and O–H groups in total. The molecule has 1 aliphatic rings. The molecular formula is C17H15ClF3NO4S. The lowest BCUT2D eigenvalue weighted by Crippen LogP contribution is -2.29. The number of alkyl halides is 3. The Morgan fingerprint density at radius 3 is 2.41 bits per heavy atom. The summed E-state index contributed by atoms with van der Waals surface area (Å²) in [7, 11) is -4.46. The minimum atomic E-state index is -4.87. The molecule has 0 saturated carbocycles. The average Bonchev–Trinajstić information content (AvgIpc) is 2.60. The van der Waals surface area contributed by atoms with E-state index >= 15 is 0 Å². The smallest absolute Gasteiger partial charge is 0.417 e. The molecule has 0 bridgehead atoms. The number of ether oxygens (including phenoxy) is 2. The standard InChI is InChI=1S/C17H15ClF3NO4S/c1-10(11-2-4-14-15(8-11)26-7-6-25-14)22-27(23,24)16-5-3-12(18)9-13(16)17(19,20)21/h2-5,8-10,22H,6-7H2,1H3. The molecule has 10 heteroatoms. The molecule has 2 aromatic carbocycles. The van der Waals surface area contributed by atoms with E-state index in [1.165, 1.54) is 6.92 Å². The number of halogens is 4. The van der Waals surface area contributed by atoms with Crippen LogP contribution in [0.4, 0.5) is 13.2 Å². The van der Waals surface area contributed by atoms with E-state index < -0.39 is 32.7 Å². The van der Waals surface area contributed by atoms with Crippen LogP contribution in [0.5, 0.6) is 11.5 Å². The number of hydrogen-bond acceptors (Lipinski definition) is 4. The third-order valence-electron chi connectivity index (χ3n) is 3.93. The summed E-state index contributed by atoms with van der Waals surface area (Å²) in [6.07, 6.45) is -4.87. The number of sulfonamides is 1. The lowest BCUT2D eigenvalue weighted by atomic mass is 10.1. The molecule has 1 aliphatic heterocycles. The topological polar surface area (TPSA) is 64.6 Å². The molecule has 0 aromatic heterocycles. The van der Waals surface area contributed by atoms with Gasteiger partial charge in [0.15, 0.2) is 11.5 Å². The first-order chi connectivity index (χ1) is 12.6. The minimum Gasteiger partial charge on any atom is -0.486 e. The van der Waals surface area contributed by atoms with E-state index in [0.717, 1.165) is 12.1 Å². The monoisotopic (exact) mass is 421 g/mol. The van der Waals surface area contributed by atoms with Gasteiger partial charge in [-0.05, 0) is 42.8 Å². The first-order valence-corrected chi connectivity index (χ1v) is 9.73. The number of fused-ring (bicyclic) bond motifs is 1. The van der Waals surface area contributed by atoms with Crippen molar-refractivity contribution in [1.29, 1.82) is 0 Å². The van der Waals surface area contributed by atoms with Gasteiger partial charge in [0.05, 0.1) is 10.5 Å². The van der Waals surface area contributed by atoms with Crippen LogP contribution in [0.15, 0.2) is 41.3 Å². The van der Waals surface area contributed by atoms with Gasteiger partial charge in [-0.3, -0.25) is 0 Å². The van der Waals surface area contributed by atoms with Crippen molar-refractivity contribution in [2.45, 2.75) is 24.0 Å². The molecule has 2 aromatic rings. The second-order valence-corrected chi connectivity index (χ2v) is 8.00. The maximum atomic E-state index is 13.2. The maximum absolute atomic E-state index is 13.2. The van der Waals surface area contributed by atoms with Gasteiger partial charge in [-0.15, -0.1) is 0 Å². The van der Waals surface area contributed by atoms with Crippen LogP contribution in [0.25, 0.3) is 0 Å². The molecule has 27 heavy (non-hydrogen) atoms. The van der Waals surface area contributed by atoms with Crippen LogP contribution in [-0.2, 0) is 16.2 Å². The van der Waals surface area contributed by atoms with Crippen molar-refractivity contribution in [3.8, 4) is 11.5 Å². The Hall–Kier alpha value is -1.97. The Kier molecular flexibility index (Phi) is 5.29. The molecule has 1 atom stereocenters. The Bertz CT molecular complexity index is 963. The predicted octanol–water partition coefficient (Wildman–Crippen LogP) is 4.17. The summed E-state index contributed by atoms with van der Waals surface area (Å²) in [6.45, 7) is 2.29. The van der Waals surface area contributed by atoms with E-state index in [1.54, 1.807) is 18.2 Å². The van der Waals surface area contributed by atoms with E-state index in [-0.39, 0.29) is 5.02 Å². The first kappa shape index (κ1) is 19.8. The summed E-state index contributed by atoms with van der Waals surface area (Å²) >= 11 is 5.60. The highest BCUT2D eigenvalue weighted by Gasteiger charge is 2.37. The fourth-order valence-corrected chi connectivity index (χ4v) is 4.26. The summed E-state index contributed by atoms with van der Waals surface area (Å²) in [4.78, 5) is -0.885. The lowest BCUT2D eigenvalue weighted by Gasteiger charge is -2.21. The quantitative estimate of drug-likeness (QED) is 0.804. The number of hydrogen-bond donors (Lipinski definition) is 1. The third-order valence-corrected chi connectivity index (χ3v) is 5.77. The Balaban J connectivity index is 1.91. The van der Waals surface area contributed by atoms with Gasteiger partial charge < -0.3 is 9.47 Å². The molecule has 0 fully saturated rings. The summed E-state index contributed by atoms with van der Waals surface area (Å²) in [5.74, 6) is 0.976. The molecule has 0 aliphatic carbocycles. The van der Waals surface area contributed by atoms with E-state index in [9.17, 15) is 21.6 Å². The summed E-state index contributed by atoms with van der Waals surface area (Å²) in [5.41, 5.74) is -0.803. The molecule has 146 valence electrons. The molecule has 0 amide bonds. The van der Waals surface area contributed by atoms with Crippen LogP contribution in [0, 0.1) is 0 Å². The molecule has 5 nitrogen and oxygen atoms in total. The van der Waals surface area contributed by atoms with E-state index in [0.29, 0.717) is 36.3 Å². The van der Waals surface area contributed by atoms with Crippen molar-refractivity contribution >= 4 is 21.6 Å². The zero-order chi connectivity index (χ0) is 19.8. The number of nitrogens with one attached hydrogen (secondary N) is 1. The number of rotatable bonds is 4. The highest BCUT2D eigenvalue weighted by molar-refractivity contribution is 7.89. The van der Waals surface area contributed by atoms with Gasteiger partial charge in [-0.1, -0.05) is 17.7 Å². The van der Waals surface area contributed by atoms with Crippen molar-refractivity contribution in [2.75, 3.05) is 13.2 Å². The summed E-state index contributed by atoms with van der Waals surface area (Å²) in [5, 5.41) is -0.207. The second kappa shape index (κ2) is 7.21. The van der Waals surface area contributed by atoms with Crippen molar-refractivity contribution < 1.29 is 31.1 Å². The molecule has 1 heterocycles. The Morgan fingerprint density at radius 1 is 1.07 bits per heavy atom. The summed E-state index contributed by atoms with van der Waals surface area (Å²) < 4.78 is 77.9. The highest BCUT2D eigenvalue weighted by Crippen LogP contribution is 2.37. The van der Waals surface area contributed by atoms with Gasteiger partial charge in [0.1, 0.15) is 13.2 Å². The Morgan fingerprint density at radius 2 is 1.74 bits per heavy atom. The number of benzene rings is 2. The molecule has 0 spiro atoms. The van der Waals surface area contributed by atoms with E-state index in [4.69, 9.17) is 21.1 Å². The van der Waals surface area contributed by atoms with E-state index in [2.05, 4.69) is 4.72 Å². The van der Waals surface area contributed by atoms with Gasteiger partial charge in [0.2, 0.25) is 10.0 Å². The summed E-state index contributed by atoms with van der Waals surface area (Å²) in [6, 6.07) is 6.55. The molecule has 3 rings (SSSR count). The van der Waals surface area contributed by atoms with Crippen LogP contribution in [0.2, 0.25) is 5.02 Å². The van der Waals surface area contributed by atoms with Gasteiger partial charge >= 0.3 is 6.18 Å². The maximum Gasteiger partial charge on any atom is 0.417 e. The second-order valence-electron chi connectivity index (χ2n) is 5.88. The molecular weight excluding hydrogens is 407 g/mol. The average molecular weight is 422 g/mol. The molecule has 0 saturated heterocycles. The van der Waals surface area contributed by atoms with Crippen molar-refractivity contribution in [3.63, 3.8) is 0 Å². The van der Waals surface area contributed by atoms with Crippen molar-refractivity contribution in [3.05, 3.63) is 52.5 Å². The molecule has 1 unspecified atom stereocenters. The van der Waals surface area contributed by atoms with Crippen LogP contribution in [0.3, 0.4) is 0 Å². The highest BCUT2D eigenvalue weighted by atomic mass is 35.5. The lowest BCUT2D eigenvalue weighted by molar-refractivity contribution is -0.139. The third kappa shape index (κ3) is 4.31. The van der Waals surface area contributed by atoms with Crippen molar-refractivity contribution in [1.82, 2.24) is 4.72 Å². The largest absolute Gasteiger partial charge is 0.486 e. The molecule has 0 radical (unpaired) electrons. The fourth-order valence-electron chi connectivity index (χ4n) is 2.65. The van der Waals surface area contributed by atoms with Gasteiger partial charge in [0, 0.05) is 11.1 Å². The predicted molar refractivity (Wildman–Crippen MR) is 92.6 cm³/mol. The van der Waals surface area contributed by atoms with Crippen LogP contribution in [-0.4, -0.2) is 21.6 Å². The zero-order valence-corrected chi connectivity index (χ0v) is 15.6. The van der Waals surface area contributed by atoms with Gasteiger partial charge in [-0.25, -0.2) is 13.1 Å². The van der Waals surface area contributed by atoms with Gasteiger partial charge in [0.25, 0.3) is 0 Å². The minimum absolute atomic E-state index is 0.207. The van der Waals surface area contributed by atoms with Crippen molar-refractivity contribution in [2.24, 2.45) is 0 Å². The SMILES string of the molecule is CC(NS(=O)(=O)c1ccc(Cl)cc1C(F)(F)F)c1ccc2c(c1)OCCO2. The van der Waals surface area contributed by atoms with Gasteiger partial charge in [-0.2, -0.15) is 13.2 Å².